The molecule has 6 nitrogen and oxygen atoms in total. The molecular weight excluding hydrogens is 234 g/mol. The summed E-state index contributed by atoms with van der Waals surface area (Å²) >= 11 is 0. The molecule has 94 valence electrons. The molecule has 18 heavy (non-hydrogen) atoms. The Balaban J connectivity index is 1.79. The molecule has 2 aromatic heterocycles. The second kappa shape index (κ2) is 4.30. The molecule has 0 saturated carbocycles. The zero-order chi connectivity index (χ0) is 12.5. The van der Waals surface area contributed by atoms with E-state index in [1.54, 1.807) is 29.4 Å². The smallest absolute Gasteiger partial charge is 0.276 e. The van der Waals surface area contributed by atoms with Crippen LogP contribution in [-0.2, 0) is 0 Å². The summed E-state index contributed by atoms with van der Waals surface area (Å²) in [6.07, 6.45) is 2.37. The van der Waals surface area contributed by atoms with Crippen LogP contribution in [0.5, 0.6) is 0 Å². The van der Waals surface area contributed by atoms with Crippen molar-refractivity contribution in [1.29, 1.82) is 0 Å². The number of likely N-dealkylation sites (tertiary alicyclic amines) is 1. The molecule has 3 heterocycles. The van der Waals surface area contributed by atoms with E-state index in [-0.39, 0.29) is 17.6 Å². The first-order valence-corrected chi connectivity index (χ1v) is 5.79. The normalized spacial score (nSPS) is 19.4. The maximum Gasteiger partial charge on any atom is 0.276 e. The van der Waals surface area contributed by atoms with Crippen LogP contribution in [0, 0.1) is 0 Å². The van der Waals surface area contributed by atoms with Gasteiger partial charge in [0.15, 0.2) is 11.5 Å². The summed E-state index contributed by atoms with van der Waals surface area (Å²) in [5.74, 6) is 0.857. The lowest BCUT2D eigenvalue weighted by atomic mass is 10.3. The summed E-state index contributed by atoms with van der Waals surface area (Å²) in [7, 11) is 0. The highest BCUT2D eigenvalue weighted by Crippen LogP contribution is 2.21. The van der Waals surface area contributed by atoms with Crippen LogP contribution in [0.1, 0.15) is 16.9 Å². The lowest BCUT2D eigenvalue weighted by molar-refractivity contribution is 0.0780. The molecule has 3 rings (SSSR count). The Morgan fingerprint density at radius 3 is 3.06 bits per heavy atom. The topological polar surface area (TPSA) is 85.5 Å². The van der Waals surface area contributed by atoms with Gasteiger partial charge in [-0.25, -0.2) is 0 Å². The van der Waals surface area contributed by atoms with E-state index in [2.05, 4.69) is 5.16 Å². The lowest BCUT2D eigenvalue weighted by Crippen LogP contribution is -2.32. The van der Waals surface area contributed by atoms with Crippen LogP contribution in [0.25, 0.3) is 11.5 Å². The monoisotopic (exact) mass is 247 g/mol. The van der Waals surface area contributed by atoms with Gasteiger partial charge in [0.1, 0.15) is 0 Å². The van der Waals surface area contributed by atoms with Gasteiger partial charge in [-0.05, 0) is 18.6 Å². The van der Waals surface area contributed by atoms with Gasteiger partial charge in [-0.2, -0.15) is 0 Å². The minimum atomic E-state index is -0.149. The summed E-state index contributed by atoms with van der Waals surface area (Å²) in [5.41, 5.74) is 6.06. The van der Waals surface area contributed by atoms with Gasteiger partial charge in [0.25, 0.3) is 5.91 Å². The zero-order valence-corrected chi connectivity index (χ0v) is 9.70. The quantitative estimate of drug-likeness (QED) is 0.859. The van der Waals surface area contributed by atoms with Crippen LogP contribution in [0.15, 0.2) is 33.4 Å². The molecule has 1 fully saturated rings. The van der Waals surface area contributed by atoms with E-state index in [0.717, 1.165) is 6.42 Å². The van der Waals surface area contributed by atoms with Crippen LogP contribution in [0.2, 0.25) is 0 Å². The standard InChI is InChI=1S/C12H13N3O3/c13-8-3-4-15(7-8)12(16)9-6-11(18-14-9)10-2-1-5-17-10/h1-2,5-6,8H,3-4,7,13H2/t8-/m1/s1. The van der Waals surface area contributed by atoms with E-state index in [1.165, 1.54) is 0 Å². The van der Waals surface area contributed by atoms with E-state index < -0.39 is 0 Å². The van der Waals surface area contributed by atoms with Crippen molar-refractivity contribution >= 4 is 5.91 Å². The largest absolute Gasteiger partial charge is 0.461 e. The van der Waals surface area contributed by atoms with Gasteiger partial charge in [-0.15, -0.1) is 0 Å². The number of hydrogen-bond acceptors (Lipinski definition) is 5. The van der Waals surface area contributed by atoms with Gasteiger partial charge in [-0.1, -0.05) is 5.16 Å². The number of carbonyl (C=O) groups is 1. The Labute approximate surface area is 103 Å². The van der Waals surface area contributed by atoms with Crippen molar-refractivity contribution in [3.8, 4) is 11.5 Å². The first-order valence-electron chi connectivity index (χ1n) is 5.79. The maximum absolute atomic E-state index is 12.1. The van der Waals surface area contributed by atoms with E-state index in [1.807, 2.05) is 0 Å². The average Bonchev–Trinajstić information content (AvgIpc) is 3.09. The second-order valence-electron chi connectivity index (χ2n) is 4.35. The Morgan fingerprint density at radius 2 is 2.39 bits per heavy atom. The summed E-state index contributed by atoms with van der Waals surface area (Å²) in [6.45, 7) is 1.24. The third kappa shape index (κ3) is 1.91. The summed E-state index contributed by atoms with van der Waals surface area (Å²) in [5, 5.41) is 3.77. The highest BCUT2D eigenvalue weighted by molar-refractivity contribution is 5.93. The Morgan fingerprint density at radius 1 is 1.50 bits per heavy atom. The molecule has 0 aromatic carbocycles. The predicted molar refractivity (Wildman–Crippen MR) is 62.7 cm³/mol. The van der Waals surface area contributed by atoms with Crippen LogP contribution >= 0.6 is 0 Å². The van der Waals surface area contributed by atoms with Crippen LogP contribution in [0.4, 0.5) is 0 Å². The van der Waals surface area contributed by atoms with Gasteiger partial charge in [0, 0.05) is 25.2 Å². The Bertz CT molecular complexity index is 547. The van der Waals surface area contributed by atoms with Crippen LogP contribution in [0.3, 0.4) is 0 Å². The SMILES string of the molecule is N[C@@H]1CCN(C(=O)c2cc(-c3ccco3)on2)C1. The second-order valence-corrected chi connectivity index (χ2v) is 4.35. The van der Waals surface area contributed by atoms with Gasteiger partial charge < -0.3 is 19.6 Å². The maximum atomic E-state index is 12.1. The molecule has 0 spiro atoms. The Kier molecular flexibility index (Phi) is 2.64. The molecule has 1 atom stereocenters. The van der Waals surface area contributed by atoms with Crippen molar-refractivity contribution in [2.45, 2.75) is 12.5 Å². The number of nitrogens with two attached hydrogens (primary N) is 1. The molecule has 0 aliphatic carbocycles. The van der Waals surface area contributed by atoms with E-state index >= 15 is 0 Å². The van der Waals surface area contributed by atoms with Crippen molar-refractivity contribution in [3.05, 3.63) is 30.2 Å². The third-order valence-electron chi connectivity index (χ3n) is 3.01. The highest BCUT2D eigenvalue weighted by atomic mass is 16.5. The van der Waals surface area contributed by atoms with E-state index in [9.17, 15) is 4.79 Å². The molecular formula is C12H13N3O3. The van der Waals surface area contributed by atoms with E-state index in [4.69, 9.17) is 14.7 Å². The summed E-state index contributed by atoms with van der Waals surface area (Å²) in [4.78, 5) is 13.8. The lowest BCUT2D eigenvalue weighted by Gasteiger charge is -2.12. The van der Waals surface area contributed by atoms with Crippen LogP contribution < -0.4 is 5.73 Å². The van der Waals surface area contributed by atoms with Gasteiger partial charge >= 0.3 is 0 Å². The van der Waals surface area contributed by atoms with Crippen molar-refractivity contribution in [3.63, 3.8) is 0 Å². The number of nitrogens with zero attached hydrogens (tertiary/aromatic N) is 2. The third-order valence-corrected chi connectivity index (χ3v) is 3.01. The average molecular weight is 247 g/mol. The highest BCUT2D eigenvalue weighted by Gasteiger charge is 2.27. The fourth-order valence-electron chi connectivity index (χ4n) is 2.04. The van der Waals surface area contributed by atoms with Crippen molar-refractivity contribution in [1.82, 2.24) is 10.1 Å². The van der Waals surface area contributed by atoms with Gasteiger partial charge in [0.05, 0.1) is 6.26 Å². The summed E-state index contributed by atoms with van der Waals surface area (Å²) < 4.78 is 10.3. The van der Waals surface area contributed by atoms with Crippen molar-refractivity contribution in [2.75, 3.05) is 13.1 Å². The fraction of sp³-hybridized carbons (Fsp3) is 0.333. The first kappa shape index (κ1) is 11.0. The first-order chi connectivity index (χ1) is 8.74. The number of rotatable bonds is 2. The molecule has 0 bridgehead atoms. The number of amides is 1. The summed E-state index contributed by atoms with van der Waals surface area (Å²) in [6, 6.07) is 5.15. The molecule has 1 saturated heterocycles. The molecule has 1 aliphatic heterocycles. The molecule has 2 N–H and O–H groups in total. The molecule has 1 aliphatic rings. The molecule has 1 amide bonds. The number of hydrogen-bond donors (Lipinski definition) is 1. The molecule has 2 aromatic rings. The molecule has 0 radical (unpaired) electrons. The fourth-order valence-corrected chi connectivity index (χ4v) is 2.04. The zero-order valence-electron chi connectivity index (χ0n) is 9.70. The number of aromatic nitrogens is 1. The minimum absolute atomic E-state index is 0.0606. The van der Waals surface area contributed by atoms with E-state index in [0.29, 0.717) is 24.6 Å². The molecule has 0 unspecified atom stereocenters. The predicted octanol–water partition coefficient (Wildman–Crippen LogP) is 1.11. The number of furan rings is 1. The van der Waals surface area contributed by atoms with Crippen LogP contribution in [-0.4, -0.2) is 35.1 Å². The van der Waals surface area contributed by atoms with Gasteiger partial charge in [0.2, 0.25) is 5.76 Å². The van der Waals surface area contributed by atoms with Crippen molar-refractivity contribution < 1.29 is 13.7 Å². The number of carbonyl (C=O) groups excluding carboxylic acids is 1. The molecule has 6 heteroatoms. The van der Waals surface area contributed by atoms with Crippen molar-refractivity contribution in [2.24, 2.45) is 5.73 Å². The van der Waals surface area contributed by atoms with Gasteiger partial charge in [-0.3, -0.25) is 4.79 Å². The minimum Gasteiger partial charge on any atom is -0.461 e. The Hall–Kier alpha value is -2.08.